The average Bonchev–Trinajstić information content (AvgIpc) is 2.30. The third-order valence-electron chi connectivity index (χ3n) is 1.70. The second-order valence-electron chi connectivity index (χ2n) is 3.14. The second kappa shape index (κ2) is 3.28. The molecule has 0 aliphatic carbocycles. The van der Waals surface area contributed by atoms with Gasteiger partial charge in [0.25, 0.3) is 0 Å². The third kappa shape index (κ3) is 2.09. The Kier molecular flexibility index (Phi) is 2.54. The molecule has 1 aliphatic heterocycles. The molecule has 1 fully saturated rings. The minimum Gasteiger partial charge on any atom is -0.409 e. The Labute approximate surface area is 71.1 Å². The van der Waals surface area contributed by atoms with Crippen molar-refractivity contribution in [2.24, 2.45) is 10.9 Å². The van der Waals surface area contributed by atoms with Crippen molar-refractivity contribution in [1.29, 1.82) is 0 Å². The maximum absolute atomic E-state index is 8.33. The molecule has 0 aromatic rings. The van der Waals surface area contributed by atoms with Crippen LogP contribution < -0.4 is 5.73 Å². The largest absolute Gasteiger partial charge is 0.409 e. The molecular formula is C7H14N2O3. The number of hydrogen-bond donors (Lipinski definition) is 2. The maximum atomic E-state index is 8.33. The van der Waals surface area contributed by atoms with E-state index in [2.05, 4.69) is 5.16 Å². The summed E-state index contributed by atoms with van der Waals surface area (Å²) in [6.07, 6.45) is 0.356. The lowest BCUT2D eigenvalue weighted by molar-refractivity contribution is -0.145. The third-order valence-corrected chi connectivity index (χ3v) is 1.70. The van der Waals surface area contributed by atoms with Crippen LogP contribution in [0.25, 0.3) is 0 Å². The molecule has 0 aromatic carbocycles. The van der Waals surface area contributed by atoms with Crippen LogP contribution >= 0.6 is 0 Å². The normalized spacial score (nSPS) is 37.2. The van der Waals surface area contributed by atoms with Crippen LogP contribution in [0.2, 0.25) is 0 Å². The molecule has 70 valence electrons. The number of ether oxygens (including phenoxy) is 2. The predicted molar refractivity (Wildman–Crippen MR) is 42.9 cm³/mol. The molecule has 1 rings (SSSR count). The number of nitrogens with two attached hydrogens (primary N) is 1. The standard InChI is InChI=1S/C7H14N2O3/c1-5-4-11-7(2,12-5)3-6(8)9-10/h5,10H,3-4H2,1-2H3,(H2,8,9). The van der Waals surface area contributed by atoms with Gasteiger partial charge < -0.3 is 20.4 Å². The van der Waals surface area contributed by atoms with Crippen LogP contribution in [0.15, 0.2) is 5.16 Å². The Morgan fingerprint density at radius 2 is 2.50 bits per heavy atom. The van der Waals surface area contributed by atoms with E-state index in [-0.39, 0.29) is 18.4 Å². The van der Waals surface area contributed by atoms with Crippen LogP contribution in [-0.4, -0.2) is 29.5 Å². The summed E-state index contributed by atoms with van der Waals surface area (Å²) >= 11 is 0. The molecule has 5 nitrogen and oxygen atoms in total. The minimum atomic E-state index is -0.726. The summed E-state index contributed by atoms with van der Waals surface area (Å²) in [5.41, 5.74) is 5.32. The fourth-order valence-corrected chi connectivity index (χ4v) is 1.24. The summed E-state index contributed by atoms with van der Waals surface area (Å²) in [5.74, 6) is -0.609. The number of nitrogens with zero attached hydrogens (tertiary/aromatic N) is 1. The number of hydrogen-bond acceptors (Lipinski definition) is 4. The molecule has 0 aromatic heterocycles. The highest BCUT2D eigenvalue weighted by Gasteiger charge is 2.36. The highest BCUT2D eigenvalue weighted by Crippen LogP contribution is 2.26. The molecule has 5 heteroatoms. The zero-order valence-electron chi connectivity index (χ0n) is 7.28. The van der Waals surface area contributed by atoms with E-state index < -0.39 is 5.79 Å². The average molecular weight is 174 g/mol. The lowest BCUT2D eigenvalue weighted by Gasteiger charge is -2.21. The molecule has 1 saturated heterocycles. The van der Waals surface area contributed by atoms with E-state index in [0.29, 0.717) is 6.61 Å². The fraction of sp³-hybridized carbons (Fsp3) is 0.857. The van der Waals surface area contributed by atoms with Crippen molar-refractivity contribution in [3.8, 4) is 0 Å². The monoisotopic (exact) mass is 174 g/mol. The van der Waals surface area contributed by atoms with Gasteiger partial charge in [-0.05, 0) is 13.8 Å². The summed E-state index contributed by atoms with van der Waals surface area (Å²) in [6.45, 7) is 4.24. The Balaban J connectivity index is 2.50. The van der Waals surface area contributed by atoms with E-state index in [4.69, 9.17) is 20.4 Å². The van der Waals surface area contributed by atoms with Crippen LogP contribution in [0.5, 0.6) is 0 Å². The molecule has 12 heavy (non-hydrogen) atoms. The van der Waals surface area contributed by atoms with E-state index in [0.717, 1.165) is 0 Å². The van der Waals surface area contributed by atoms with Gasteiger partial charge >= 0.3 is 0 Å². The molecule has 1 aliphatic rings. The van der Waals surface area contributed by atoms with Gasteiger partial charge in [-0.25, -0.2) is 0 Å². The fourth-order valence-electron chi connectivity index (χ4n) is 1.24. The van der Waals surface area contributed by atoms with Gasteiger partial charge in [-0.3, -0.25) is 0 Å². The van der Waals surface area contributed by atoms with Crippen LogP contribution in [0.3, 0.4) is 0 Å². The summed E-state index contributed by atoms with van der Waals surface area (Å²) in [7, 11) is 0. The van der Waals surface area contributed by atoms with Crippen molar-refractivity contribution >= 4 is 5.84 Å². The quantitative estimate of drug-likeness (QED) is 0.273. The molecule has 0 radical (unpaired) electrons. The number of rotatable bonds is 2. The molecule has 0 saturated carbocycles. The smallest absolute Gasteiger partial charge is 0.173 e. The first-order valence-corrected chi connectivity index (χ1v) is 3.84. The van der Waals surface area contributed by atoms with Crippen LogP contribution in [0.4, 0.5) is 0 Å². The summed E-state index contributed by atoms with van der Waals surface area (Å²) in [6, 6.07) is 0. The van der Waals surface area contributed by atoms with Gasteiger partial charge in [-0.1, -0.05) is 5.16 Å². The van der Waals surface area contributed by atoms with Crippen molar-refractivity contribution in [3.63, 3.8) is 0 Å². The van der Waals surface area contributed by atoms with Crippen LogP contribution in [0.1, 0.15) is 20.3 Å². The lowest BCUT2D eigenvalue weighted by atomic mass is 10.2. The second-order valence-corrected chi connectivity index (χ2v) is 3.14. The molecule has 3 N–H and O–H groups in total. The minimum absolute atomic E-state index is 0.0708. The Morgan fingerprint density at radius 1 is 1.83 bits per heavy atom. The molecule has 1 heterocycles. The van der Waals surface area contributed by atoms with Gasteiger partial charge in [0, 0.05) is 0 Å². The van der Waals surface area contributed by atoms with Gasteiger partial charge in [0.05, 0.1) is 19.1 Å². The first-order valence-electron chi connectivity index (χ1n) is 3.84. The Bertz CT molecular complexity index is 195. The topological polar surface area (TPSA) is 77.1 Å². The molecular weight excluding hydrogens is 160 g/mol. The number of oxime groups is 1. The van der Waals surface area contributed by atoms with Crippen molar-refractivity contribution in [2.45, 2.75) is 32.2 Å². The highest BCUT2D eigenvalue weighted by atomic mass is 16.7. The van der Waals surface area contributed by atoms with E-state index in [1.807, 2.05) is 6.92 Å². The van der Waals surface area contributed by atoms with E-state index >= 15 is 0 Å². The van der Waals surface area contributed by atoms with E-state index in [1.54, 1.807) is 6.92 Å². The molecule has 2 unspecified atom stereocenters. The van der Waals surface area contributed by atoms with Gasteiger partial charge in [-0.15, -0.1) is 0 Å². The molecule has 0 spiro atoms. The predicted octanol–water partition coefficient (Wildman–Crippen LogP) is 0.274. The van der Waals surface area contributed by atoms with Gasteiger partial charge in [-0.2, -0.15) is 0 Å². The van der Waals surface area contributed by atoms with Crippen LogP contribution in [0, 0.1) is 0 Å². The summed E-state index contributed by atoms with van der Waals surface area (Å²) in [5, 5.41) is 11.2. The summed E-state index contributed by atoms with van der Waals surface area (Å²) < 4.78 is 10.8. The van der Waals surface area contributed by atoms with Crippen LogP contribution in [-0.2, 0) is 9.47 Å². The molecule has 2 atom stereocenters. The van der Waals surface area contributed by atoms with E-state index in [1.165, 1.54) is 0 Å². The summed E-state index contributed by atoms with van der Waals surface area (Å²) in [4.78, 5) is 0. The van der Waals surface area contributed by atoms with Gasteiger partial charge in [0.1, 0.15) is 5.84 Å². The van der Waals surface area contributed by atoms with Crippen molar-refractivity contribution in [3.05, 3.63) is 0 Å². The van der Waals surface area contributed by atoms with Crippen molar-refractivity contribution in [2.75, 3.05) is 6.61 Å². The van der Waals surface area contributed by atoms with Gasteiger partial charge in [0.2, 0.25) is 0 Å². The Morgan fingerprint density at radius 3 is 2.92 bits per heavy atom. The zero-order valence-corrected chi connectivity index (χ0v) is 7.28. The molecule has 0 amide bonds. The first kappa shape index (κ1) is 9.28. The zero-order chi connectivity index (χ0) is 9.19. The molecule has 0 bridgehead atoms. The van der Waals surface area contributed by atoms with E-state index in [9.17, 15) is 0 Å². The highest BCUT2D eigenvalue weighted by molar-refractivity contribution is 5.80. The Hall–Kier alpha value is -0.810. The number of amidine groups is 1. The van der Waals surface area contributed by atoms with Crippen molar-refractivity contribution < 1.29 is 14.7 Å². The van der Waals surface area contributed by atoms with Gasteiger partial charge in [0.15, 0.2) is 5.79 Å². The SMILES string of the molecule is CC1COC(C)(CC(N)=NO)O1. The van der Waals surface area contributed by atoms with Crippen molar-refractivity contribution in [1.82, 2.24) is 0 Å². The lowest BCUT2D eigenvalue weighted by Crippen LogP contribution is -2.32. The first-order chi connectivity index (χ1) is 5.56. The maximum Gasteiger partial charge on any atom is 0.173 e.